The second-order valence-electron chi connectivity index (χ2n) is 6.09. The van der Waals surface area contributed by atoms with Gasteiger partial charge in [0, 0.05) is 46.2 Å². The summed E-state index contributed by atoms with van der Waals surface area (Å²) in [7, 11) is 1.73. The number of para-hydroxylation sites is 2. The first-order chi connectivity index (χ1) is 11.6. The van der Waals surface area contributed by atoms with E-state index >= 15 is 0 Å². The van der Waals surface area contributed by atoms with Gasteiger partial charge in [-0.25, -0.2) is 4.79 Å². The van der Waals surface area contributed by atoms with Crippen LogP contribution in [0.1, 0.15) is 6.42 Å². The number of imidazole rings is 1. The van der Waals surface area contributed by atoms with Gasteiger partial charge in [0.05, 0.1) is 11.0 Å². The molecule has 1 fully saturated rings. The lowest BCUT2D eigenvalue weighted by atomic mass is 10.2. The van der Waals surface area contributed by atoms with Gasteiger partial charge >= 0.3 is 5.69 Å². The molecule has 0 atom stereocenters. The number of nitrogens with zero attached hydrogens (tertiary/aromatic N) is 4. The molecule has 1 aromatic carbocycles. The predicted molar refractivity (Wildman–Crippen MR) is 93.6 cm³/mol. The van der Waals surface area contributed by atoms with Crippen LogP contribution >= 0.6 is 0 Å². The first-order valence-electron chi connectivity index (χ1n) is 8.19. The normalized spacial score (nSPS) is 15.6. The van der Waals surface area contributed by atoms with Gasteiger partial charge in [-0.15, -0.1) is 12.3 Å². The van der Waals surface area contributed by atoms with Gasteiger partial charge in [0.1, 0.15) is 6.54 Å². The van der Waals surface area contributed by atoms with E-state index < -0.39 is 0 Å². The molecule has 0 bridgehead atoms. The van der Waals surface area contributed by atoms with E-state index in [0.717, 1.165) is 37.1 Å². The Hall–Kier alpha value is -2.52. The number of fused-ring (bicyclic) bond motifs is 1. The summed E-state index contributed by atoms with van der Waals surface area (Å²) < 4.78 is 3.14. The van der Waals surface area contributed by atoms with E-state index in [0.29, 0.717) is 13.1 Å². The molecule has 0 radical (unpaired) electrons. The molecular weight excluding hydrogens is 304 g/mol. The van der Waals surface area contributed by atoms with Gasteiger partial charge in [-0.3, -0.25) is 18.8 Å². The van der Waals surface area contributed by atoms with Crippen LogP contribution in [0.15, 0.2) is 29.1 Å². The van der Waals surface area contributed by atoms with Crippen molar-refractivity contribution in [1.29, 1.82) is 0 Å². The number of benzene rings is 1. The molecule has 6 heteroatoms. The van der Waals surface area contributed by atoms with Crippen molar-refractivity contribution in [2.45, 2.75) is 13.0 Å². The lowest BCUT2D eigenvalue weighted by Crippen LogP contribution is -2.50. The second-order valence-corrected chi connectivity index (χ2v) is 6.09. The fourth-order valence-corrected chi connectivity index (χ4v) is 3.19. The van der Waals surface area contributed by atoms with Crippen LogP contribution in [-0.2, 0) is 18.4 Å². The monoisotopic (exact) mass is 326 g/mol. The fourth-order valence-electron chi connectivity index (χ4n) is 3.19. The van der Waals surface area contributed by atoms with Crippen LogP contribution < -0.4 is 5.69 Å². The van der Waals surface area contributed by atoms with Crippen molar-refractivity contribution in [1.82, 2.24) is 18.9 Å². The van der Waals surface area contributed by atoms with Gasteiger partial charge in [-0.05, 0) is 12.1 Å². The van der Waals surface area contributed by atoms with Crippen molar-refractivity contribution in [2.75, 3.05) is 32.7 Å². The Labute approximate surface area is 141 Å². The number of amides is 1. The van der Waals surface area contributed by atoms with Crippen molar-refractivity contribution in [2.24, 2.45) is 7.05 Å². The summed E-state index contributed by atoms with van der Waals surface area (Å²) >= 11 is 0. The molecular formula is C18H22N4O2. The van der Waals surface area contributed by atoms with Gasteiger partial charge in [-0.1, -0.05) is 12.1 Å². The van der Waals surface area contributed by atoms with Gasteiger partial charge in [0.2, 0.25) is 5.91 Å². The molecule has 0 unspecified atom stereocenters. The number of piperazine rings is 1. The highest BCUT2D eigenvalue weighted by atomic mass is 16.2. The Balaban J connectivity index is 1.70. The Morgan fingerprint density at radius 3 is 2.50 bits per heavy atom. The number of terminal acetylenes is 1. The molecule has 0 N–H and O–H groups in total. The summed E-state index contributed by atoms with van der Waals surface area (Å²) in [6, 6.07) is 7.54. The minimum absolute atomic E-state index is 0.00921. The summed E-state index contributed by atoms with van der Waals surface area (Å²) in [4.78, 5) is 29.1. The number of rotatable bonds is 4. The number of carbonyl (C=O) groups excluding carboxylic acids is 1. The van der Waals surface area contributed by atoms with Gasteiger partial charge < -0.3 is 4.90 Å². The van der Waals surface area contributed by atoms with Crippen molar-refractivity contribution in [3.63, 3.8) is 0 Å². The summed E-state index contributed by atoms with van der Waals surface area (Å²) in [6.07, 6.45) is 6.03. The van der Waals surface area contributed by atoms with E-state index in [1.54, 1.807) is 16.2 Å². The maximum absolute atomic E-state index is 12.6. The highest BCUT2D eigenvalue weighted by molar-refractivity contribution is 5.81. The van der Waals surface area contributed by atoms with E-state index in [4.69, 9.17) is 6.42 Å². The zero-order valence-corrected chi connectivity index (χ0v) is 13.9. The number of hydrogen-bond donors (Lipinski definition) is 0. The largest absolute Gasteiger partial charge is 0.339 e. The average molecular weight is 326 g/mol. The summed E-state index contributed by atoms with van der Waals surface area (Å²) in [6.45, 7) is 3.99. The van der Waals surface area contributed by atoms with Crippen molar-refractivity contribution < 1.29 is 4.79 Å². The van der Waals surface area contributed by atoms with Crippen LogP contribution in [0.4, 0.5) is 0 Å². The maximum atomic E-state index is 12.6. The number of carbonyl (C=O) groups is 1. The molecule has 24 heavy (non-hydrogen) atoms. The van der Waals surface area contributed by atoms with Gasteiger partial charge in [0.15, 0.2) is 0 Å². The Bertz CT molecular complexity index is 835. The first kappa shape index (κ1) is 16.3. The molecule has 1 aromatic heterocycles. The molecule has 6 nitrogen and oxygen atoms in total. The quantitative estimate of drug-likeness (QED) is 0.769. The smallest absolute Gasteiger partial charge is 0.329 e. The third-order valence-electron chi connectivity index (χ3n) is 4.64. The van der Waals surface area contributed by atoms with Crippen LogP contribution in [0.5, 0.6) is 0 Å². The summed E-state index contributed by atoms with van der Waals surface area (Å²) in [5, 5.41) is 0. The third-order valence-corrected chi connectivity index (χ3v) is 4.64. The van der Waals surface area contributed by atoms with Crippen LogP contribution in [0.3, 0.4) is 0 Å². The number of aromatic nitrogens is 2. The van der Waals surface area contributed by atoms with Gasteiger partial charge in [0.25, 0.3) is 0 Å². The lowest BCUT2D eigenvalue weighted by molar-refractivity contribution is -0.133. The Morgan fingerprint density at radius 1 is 1.17 bits per heavy atom. The zero-order chi connectivity index (χ0) is 17.1. The summed E-state index contributed by atoms with van der Waals surface area (Å²) in [5.41, 5.74) is 1.48. The lowest BCUT2D eigenvalue weighted by Gasteiger charge is -2.34. The molecule has 1 aliphatic heterocycles. The molecule has 126 valence electrons. The van der Waals surface area contributed by atoms with Crippen molar-refractivity contribution in [3.05, 3.63) is 34.7 Å². The van der Waals surface area contributed by atoms with Gasteiger partial charge in [-0.2, -0.15) is 0 Å². The van der Waals surface area contributed by atoms with Crippen LogP contribution in [0.25, 0.3) is 11.0 Å². The number of aryl methyl sites for hydroxylation is 1. The third kappa shape index (κ3) is 3.08. The first-order valence-corrected chi connectivity index (χ1v) is 8.19. The highest BCUT2D eigenvalue weighted by Gasteiger charge is 2.22. The van der Waals surface area contributed by atoms with Crippen molar-refractivity contribution in [3.8, 4) is 12.3 Å². The molecule has 1 aliphatic rings. The molecule has 2 heterocycles. The molecule has 1 saturated heterocycles. The molecule has 1 amide bonds. The average Bonchev–Trinajstić information content (AvgIpc) is 2.85. The summed E-state index contributed by atoms with van der Waals surface area (Å²) in [5.74, 6) is 2.64. The van der Waals surface area contributed by atoms with E-state index in [1.807, 2.05) is 29.2 Å². The molecule has 3 rings (SSSR count). The zero-order valence-electron chi connectivity index (χ0n) is 13.9. The fraction of sp³-hybridized carbons (Fsp3) is 0.444. The van der Waals surface area contributed by atoms with Crippen LogP contribution in [-0.4, -0.2) is 57.6 Å². The topological polar surface area (TPSA) is 50.5 Å². The van der Waals surface area contributed by atoms with E-state index in [-0.39, 0.29) is 18.1 Å². The van der Waals surface area contributed by atoms with E-state index in [1.165, 1.54) is 0 Å². The standard InChI is InChI=1S/C18H22N4O2/c1-3-4-9-20-10-12-21(13-11-20)17(23)14-22-16-8-6-5-7-15(16)19(2)18(22)24/h1,5-8H,4,9-14H2,2H3. The predicted octanol–water partition coefficient (Wildman–Crippen LogP) is 0.508. The highest BCUT2D eigenvalue weighted by Crippen LogP contribution is 2.12. The Morgan fingerprint density at radius 2 is 1.83 bits per heavy atom. The molecule has 0 saturated carbocycles. The minimum Gasteiger partial charge on any atom is -0.339 e. The minimum atomic E-state index is -0.155. The van der Waals surface area contributed by atoms with Crippen molar-refractivity contribution >= 4 is 16.9 Å². The SMILES string of the molecule is C#CCCN1CCN(C(=O)Cn2c(=O)n(C)c3ccccc32)CC1. The van der Waals surface area contributed by atoms with Crippen LogP contribution in [0, 0.1) is 12.3 Å². The van der Waals surface area contributed by atoms with E-state index in [2.05, 4.69) is 10.8 Å². The second kappa shape index (κ2) is 6.93. The van der Waals surface area contributed by atoms with E-state index in [9.17, 15) is 9.59 Å². The maximum Gasteiger partial charge on any atom is 0.329 e. The molecule has 0 aliphatic carbocycles. The number of hydrogen-bond acceptors (Lipinski definition) is 3. The van der Waals surface area contributed by atoms with Crippen LogP contribution in [0.2, 0.25) is 0 Å². The molecule has 2 aromatic rings. The Kier molecular flexibility index (Phi) is 4.72. The molecule has 0 spiro atoms.